The number of furan rings is 1. The van der Waals surface area contributed by atoms with E-state index >= 15 is 0 Å². The van der Waals surface area contributed by atoms with Crippen molar-refractivity contribution in [3.63, 3.8) is 0 Å². The van der Waals surface area contributed by atoms with E-state index in [4.69, 9.17) is 9.15 Å². The first-order valence-corrected chi connectivity index (χ1v) is 13.0. The lowest BCUT2D eigenvalue weighted by Crippen LogP contribution is -2.64. The Bertz CT molecular complexity index is 1220. The van der Waals surface area contributed by atoms with Crippen LogP contribution in [0, 0.1) is 5.92 Å². The van der Waals surface area contributed by atoms with Gasteiger partial charge in [-0.15, -0.1) is 0 Å². The number of nitrogens with one attached hydrogen (secondary N) is 1. The van der Waals surface area contributed by atoms with Crippen LogP contribution in [-0.2, 0) is 17.9 Å². The van der Waals surface area contributed by atoms with Crippen molar-refractivity contribution in [1.82, 2.24) is 14.8 Å². The molecule has 0 bridgehead atoms. The summed E-state index contributed by atoms with van der Waals surface area (Å²) in [6, 6.07) is 15.3. The third-order valence-corrected chi connectivity index (χ3v) is 7.72. The first-order chi connectivity index (χ1) is 17.4. The second kappa shape index (κ2) is 9.88. The van der Waals surface area contributed by atoms with Gasteiger partial charge >= 0.3 is 0 Å². The second-order valence-corrected chi connectivity index (χ2v) is 10.3. The quantitative estimate of drug-likeness (QED) is 0.491. The fourth-order valence-corrected chi connectivity index (χ4v) is 5.51. The summed E-state index contributed by atoms with van der Waals surface area (Å²) in [6.07, 6.45) is 5.77. The van der Waals surface area contributed by atoms with Gasteiger partial charge in [-0.3, -0.25) is 9.59 Å². The lowest BCUT2D eigenvalue weighted by molar-refractivity contribution is -0.134. The van der Waals surface area contributed by atoms with Crippen molar-refractivity contribution in [2.24, 2.45) is 5.92 Å². The summed E-state index contributed by atoms with van der Waals surface area (Å²) in [5.41, 5.74) is 1.13. The molecule has 1 aliphatic heterocycles. The van der Waals surface area contributed by atoms with Gasteiger partial charge in [-0.25, -0.2) is 0 Å². The van der Waals surface area contributed by atoms with E-state index in [0.717, 1.165) is 42.7 Å². The van der Waals surface area contributed by atoms with Gasteiger partial charge in [-0.1, -0.05) is 25.1 Å². The molecule has 3 aromatic rings. The Kier molecular flexibility index (Phi) is 6.65. The van der Waals surface area contributed by atoms with Crippen molar-refractivity contribution in [3.05, 3.63) is 66.1 Å². The first-order valence-electron chi connectivity index (χ1n) is 13.0. The highest BCUT2D eigenvalue weighted by atomic mass is 16.5. The zero-order valence-electron chi connectivity index (χ0n) is 21.3. The van der Waals surface area contributed by atoms with Gasteiger partial charge in [-0.2, -0.15) is 0 Å². The van der Waals surface area contributed by atoms with E-state index in [0.29, 0.717) is 30.5 Å². The van der Waals surface area contributed by atoms with E-state index in [-0.39, 0.29) is 24.4 Å². The van der Waals surface area contributed by atoms with Crippen LogP contribution in [0.4, 0.5) is 0 Å². The topological polar surface area (TPSA) is 76.7 Å². The molecule has 1 aromatic carbocycles. The molecule has 0 spiro atoms. The Morgan fingerprint density at radius 2 is 1.83 bits per heavy atom. The zero-order chi connectivity index (χ0) is 25.3. The van der Waals surface area contributed by atoms with Crippen molar-refractivity contribution >= 4 is 11.8 Å². The largest absolute Gasteiger partial charge is 0.494 e. The Morgan fingerprint density at radius 3 is 2.56 bits per heavy atom. The zero-order valence-corrected chi connectivity index (χ0v) is 21.3. The number of hydrogen-bond donors (Lipinski definition) is 1. The van der Waals surface area contributed by atoms with Crippen LogP contribution >= 0.6 is 0 Å². The van der Waals surface area contributed by atoms with E-state index in [1.165, 1.54) is 0 Å². The van der Waals surface area contributed by atoms with Crippen LogP contribution in [0.25, 0.3) is 11.5 Å². The molecule has 1 aliphatic carbocycles. The number of aromatic nitrogens is 1. The van der Waals surface area contributed by atoms with E-state index < -0.39 is 5.54 Å². The lowest BCUT2D eigenvalue weighted by Gasteiger charge is -2.45. The number of carbonyl (C=O) groups excluding carboxylic acids is 2. The molecule has 1 saturated carbocycles. The monoisotopic (exact) mass is 489 g/mol. The highest BCUT2D eigenvalue weighted by molar-refractivity contribution is 6.00. The summed E-state index contributed by atoms with van der Waals surface area (Å²) in [5.74, 6) is 1.80. The van der Waals surface area contributed by atoms with Crippen LogP contribution in [-0.4, -0.2) is 39.5 Å². The standard InChI is InChI=1S/C29H35N3O4/c1-4-35-25-9-6-5-8-21(25)18-32-27(33)24-16-15-23(26-10-7-17-36-26)31(24)19-29(32,3)28(34)30-22-13-11-20(2)12-14-22/h5-10,15-17,20,22H,4,11-14,18-19H2,1-3H3,(H,30,34)/t20?,22?,29-/m0/s1. The number of ether oxygens (including phenoxy) is 1. The summed E-state index contributed by atoms with van der Waals surface area (Å²) in [4.78, 5) is 29.7. The maximum absolute atomic E-state index is 14.0. The van der Waals surface area contributed by atoms with Gasteiger partial charge < -0.3 is 23.9 Å². The third-order valence-electron chi connectivity index (χ3n) is 7.72. The minimum absolute atomic E-state index is 0.117. The molecular weight excluding hydrogens is 454 g/mol. The predicted octanol–water partition coefficient (Wildman–Crippen LogP) is 5.26. The molecule has 1 atom stereocenters. The maximum Gasteiger partial charge on any atom is 0.271 e. The summed E-state index contributed by atoms with van der Waals surface area (Å²) < 4.78 is 13.4. The van der Waals surface area contributed by atoms with Crippen molar-refractivity contribution in [2.75, 3.05) is 6.61 Å². The molecule has 1 N–H and O–H groups in total. The molecule has 5 rings (SSSR count). The molecule has 2 aromatic heterocycles. The van der Waals surface area contributed by atoms with Gasteiger partial charge in [0.25, 0.3) is 5.91 Å². The van der Waals surface area contributed by atoms with E-state index in [2.05, 4.69) is 12.2 Å². The van der Waals surface area contributed by atoms with Crippen LogP contribution < -0.4 is 10.1 Å². The van der Waals surface area contributed by atoms with Crippen molar-refractivity contribution in [2.45, 2.75) is 71.1 Å². The normalized spacial score (nSPS) is 23.9. The predicted molar refractivity (Wildman–Crippen MR) is 138 cm³/mol. The molecule has 0 radical (unpaired) electrons. The molecule has 2 amide bonds. The third kappa shape index (κ3) is 4.43. The Balaban J connectivity index is 1.52. The molecule has 0 saturated heterocycles. The van der Waals surface area contributed by atoms with Gasteiger partial charge in [0, 0.05) is 11.6 Å². The first kappa shape index (κ1) is 24.2. The molecule has 36 heavy (non-hydrogen) atoms. The van der Waals surface area contributed by atoms with Crippen LogP contribution in [0.2, 0.25) is 0 Å². The molecular formula is C29H35N3O4. The minimum atomic E-state index is -1.09. The number of fused-ring (bicyclic) bond motifs is 1. The number of carbonyl (C=O) groups is 2. The number of benzene rings is 1. The van der Waals surface area contributed by atoms with Gasteiger partial charge in [0.05, 0.1) is 31.7 Å². The van der Waals surface area contributed by atoms with Crippen LogP contribution in [0.15, 0.2) is 59.2 Å². The van der Waals surface area contributed by atoms with Crippen molar-refractivity contribution in [3.8, 4) is 17.2 Å². The fourth-order valence-electron chi connectivity index (χ4n) is 5.51. The van der Waals surface area contributed by atoms with Crippen molar-refractivity contribution < 1.29 is 18.7 Å². The smallest absolute Gasteiger partial charge is 0.271 e. The Labute approximate surface area is 212 Å². The average molecular weight is 490 g/mol. The Hall–Kier alpha value is -3.48. The molecule has 1 fully saturated rings. The summed E-state index contributed by atoms with van der Waals surface area (Å²) in [6.45, 7) is 7.22. The van der Waals surface area contributed by atoms with E-state index in [9.17, 15) is 9.59 Å². The lowest BCUT2D eigenvalue weighted by atomic mass is 9.86. The van der Waals surface area contributed by atoms with Gasteiger partial charge in [0.2, 0.25) is 5.91 Å². The molecule has 2 aliphatic rings. The molecule has 7 heteroatoms. The molecule has 0 unspecified atom stereocenters. The molecule has 7 nitrogen and oxygen atoms in total. The van der Waals surface area contributed by atoms with Crippen LogP contribution in [0.1, 0.15) is 62.5 Å². The number of hydrogen-bond acceptors (Lipinski definition) is 4. The van der Waals surface area contributed by atoms with E-state index in [1.54, 1.807) is 11.2 Å². The summed E-state index contributed by atoms with van der Waals surface area (Å²) >= 11 is 0. The van der Waals surface area contributed by atoms with E-state index in [1.807, 2.05) is 66.9 Å². The second-order valence-electron chi connectivity index (χ2n) is 10.3. The number of para-hydroxylation sites is 1. The SMILES string of the molecule is CCOc1ccccc1CN1C(=O)c2ccc(-c3ccco3)n2C[C@@]1(C)C(=O)NC1CCC(C)CC1. The number of rotatable bonds is 7. The van der Waals surface area contributed by atoms with Gasteiger partial charge in [0.15, 0.2) is 0 Å². The summed E-state index contributed by atoms with van der Waals surface area (Å²) in [5, 5.41) is 3.30. The molecule has 190 valence electrons. The number of amides is 2. The average Bonchev–Trinajstić information content (AvgIpc) is 3.54. The van der Waals surface area contributed by atoms with Crippen LogP contribution in [0.3, 0.4) is 0 Å². The van der Waals surface area contributed by atoms with Gasteiger partial charge in [0.1, 0.15) is 22.7 Å². The fraction of sp³-hybridized carbons (Fsp3) is 0.448. The highest BCUT2D eigenvalue weighted by Gasteiger charge is 2.48. The van der Waals surface area contributed by atoms with Crippen LogP contribution in [0.5, 0.6) is 5.75 Å². The maximum atomic E-state index is 14.0. The number of nitrogens with zero attached hydrogens (tertiary/aromatic N) is 2. The van der Waals surface area contributed by atoms with Crippen molar-refractivity contribution in [1.29, 1.82) is 0 Å². The minimum Gasteiger partial charge on any atom is -0.494 e. The highest BCUT2D eigenvalue weighted by Crippen LogP contribution is 2.36. The Morgan fingerprint density at radius 1 is 1.08 bits per heavy atom. The van der Waals surface area contributed by atoms with Gasteiger partial charge in [-0.05, 0) is 75.8 Å². The summed E-state index contributed by atoms with van der Waals surface area (Å²) in [7, 11) is 0. The molecule has 3 heterocycles.